The standard InChI is InChI=1S/C16H30N2O2/c1-15(2)12-7-8-13(11-12)16(15,3)18-10-6-5-9-17-14(19)20-4/h12-13,18H,5-11H2,1-4H3,(H,17,19)/t12-,13-,16-/m0/s1. The Bertz CT molecular complexity index is 356. The topological polar surface area (TPSA) is 50.4 Å². The SMILES string of the molecule is COC(=O)NCCCCN[C@@]1(C)[C@H]2CC[C@@H](C2)C1(C)C. The number of ether oxygens (including phenoxy) is 1. The summed E-state index contributed by atoms with van der Waals surface area (Å²) in [5.74, 6) is 1.74. The second-order valence-electron chi connectivity index (χ2n) is 7.18. The van der Waals surface area contributed by atoms with Gasteiger partial charge in [-0.05, 0) is 62.8 Å². The molecule has 0 aromatic carbocycles. The van der Waals surface area contributed by atoms with Gasteiger partial charge in [-0.3, -0.25) is 0 Å². The van der Waals surface area contributed by atoms with Gasteiger partial charge in [-0.25, -0.2) is 4.79 Å². The molecule has 0 spiro atoms. The molecule has 4 nitrogen and oxygen atoms in total. The Kier molecular flexibility index (Phi) is 4.62. The third kappa shape index (κ3) is 2.67. The molecule has 3 atom stereocenters. The molecule has 0 saturated heterocycles. The highest BCUT2D eigenvalue weighted by molar-refractivity contribution is 5.66. The van der Waals surface area contributed by atoms with E-state index in [1.807, 2.05) is 0 Å². The molecule has 0 aromatic heterocycles. The van der Waals surface area contributed by atoms with Crippen molar-refractivity contribution in [2.24, 2.45) is 17.3 Å². The molecule has 20 heavy (non-hydrogen) atoms. The lowest BCUT2D eigenvalue weighted by Crippen LogP contribution is -2.57. The highest BCUT2D eigenvalue weighted by Gasteiger charge is 2.59. The molecule has 2 N–H and O–H groups in total. The van der Waals surface area contributed by atoms with Crippen molar-refractivity contribution in [1.29, 1.82) is 0 Å². The van der Waals surface area contributed by atoms with E-state index < -0.39 is 0 Å². The number of carbonyl (C=O) groups is 1. The maximum absolute atomic E-state index is 10.9. The molecule has 0 aliphatic heterocycles. The van der Waals surface area contributed by atoms with Crippen molar-refractivity contribution in [3.05, 3.63) is 0 Å². The van der Waals surface area contributed by atoms with Gasteiger partial charge in [0.1, 0.15) is 0 Å². The Morgan fingerprint density at radius 1 is 1.15 bits per heavy atom. The van der Waals surface area contributed by atoms with Gasteiger partial charge in [0.15, 0.2) is 0 Å². The first-order chi connectivity index (χ1) is 9.41. The first-order valence-corrected chi connectivity index (χ1v) is 7.98. The van der Waals surface area contributed by atoms with E-state index in [4.69, 9.17) is 0 Å². The normalized spacial score (nSPS) is 34.2. The summed E-state index contributed by atoms with van der Waals surface area (Å²) in [7, 11) is 1.40. The number of amides is 1. The smallest absolute Gasteiger partial charge is 0.406 e. The van der Waals surface area contributed by atoms with Gasteiger partial charge in [-0.2, -0.15) is 0 Å². The van der Waals surface area contributed by atoms with E-state index in [1.54, 1.807) is 0 Å². The summed E-state index contributed by atoms with van der Waals surface area (Å²) in [5, 5.41) is 6.56. The second kappa shape index (κ2) is 5.92. The number of hydrogen-bond acceptors (Lipinski definition) is 3. The van der Waals surface area contributed by atoms with E-state index in [2.05, 4.69) is 36.1 Å². The molecule has 2 saturated carbocycles. The minimum Gasteiger partial charge on any atom is -0.453 e. The van der Waals surface area contributed by atoms with Crippen LogP contribution in [0.15, 0.2) is 0 Å². The third-order valence-electron chi connectivity index (χ3n) is 6.16. The van der Waals surface area contributed by atoms with Crippen molar-refractivity contribution in [3.8, 4) is 0 Å². The number of nitrogens with one attached hydrogen (secondary N) is 2. The van der Waals surface area contributed by atoms with Crippen LogP contribution in [0.2, 0.25) is 0 Å². The van der Waals surface area contributed by atoms with Crippen LogP contribution in [-0.2, 0) is 4.74 Å². The fraction of sp³-hybridized carbons (Fsp3) is 0.938. The molecule has 2 rings (SSSR count). The number of carbonyl (C=O) groups excluding carboxylic acids is 1. The lowest BCUT2D eigenvalue weighted by atomic mass is 9.64. The van der Waals surface area contributed by atoms with E-state index in [9.17, 15) is 4.79 Å². The quantitative estimate of drug-likeness (QED) is 0.736. The zero-order chi connectivity index (χ0) is 14.8. The fourth-order valence-corrected chi connectivity index (χ4v) is 4.34. The minimum absolute atomic E-state index is 0.283. The number of alkyl carbamates (subject to hydrolysis) is 1. The predicted octanol–water partition coefficient (Wildman–Crippen LogP) is 2.93. The lowest BCUT2D eigenvalue weighted by Gasteiger charge is -2.48. The van der Waals surface area contributed by atoms with Crippen LogP contribution in [0.3, 0.4) is 0 Å². The molecule has 2 aliphatic rings. The largest absolute Gasteiger partial charge is 0.453 e. The van der Waals surface area contributed by atoms with Crippen LogP contribution in [0.1, 0.15) is 52.9 Å². The van der Waals surface area contributed by atoms with Crippen molar-refractivity contribution < 1.29 is 9.53 Å². The Morgan fingerprint density at radius 3 is 2.40 bits per heavy atom. The summed E-state index contributed by atoms with van der Waals surface area (Å²) in [6.45, 7) is 9.02. The van der Waals surface area contributed by atoms with E-state index in [0.717, 1.165) is 31.2 Å². The average molecular weight is 282 g/mol. The van der Waals surface area contributed by atoms with Gasteiger partial charge in [0.2, 0.25) is 0 Å². The maximum atomic E-state index is 10.9. The molecule has 0 aromatic rings. The maximum Gasteiger partial charge on any atom is 0.406 e. The molecule has 1 amide bonds. The highest BCUT2D eigenvalue weighted by Crippen LogP contribution is 2.61. The molecule has 2 fully saturated rings. The Morgan fingerprint density at radius 2 is 1.80 bits per heavy atom. The monoisotopic (exact) mass is 282 g/mol. The van der Waals surface area contributed by atoms with Crippen LogP contribution in [0, 0.1) is 17.3 Å². The lowest BCUT2D eigenvalue weighted by molar-refractivity contribution is 0.0659. The minimum atomic E-state index is -0.334. The van der Waals surface area contributed by atoms with Gasteiger partial charge in [-0.1, -0.05) is 13.8 Å². The van der Waals surface area contributed by atoms with E-state index in [0.29, 0.717) is 12.0 Å². The van der Waals surface area contributed by atoms with Crippen molar-refractivity contribution in [1.82, 2.24) is 10.6 Å². The number of hydrogen-bond donors (Lipinski definition) is 2. The number of methoxy groups -OCH3 is 1. The third-order valence-corrected chi connectivity index (χ3v) is 6.16. The van der Waals surface area contributed by atoms with Crippen molar-refractivity contribution in [2.45, 2.75) is 58.4 Å². The fourth-order valence-electron chi connectivity index (χ4n) is 4.34. The predicted molar refractivity (Wildman–Crippen MR) is 80.7 cm³/mol. The van der Waals surface area contributed by atoms with Crippen LogP contribution in [0.25, 0.3) is 0 Å². The second-order valence-corrected chi connectivity index (χ2v) is 7.18. The van der Waals surface area contributed by atoms with Crippen LogP contribution < -0.4 is 10.6 Å². The summed E-state index contributed by atoms with van der Waals surface area (Å²) < 4.78 is 4.55. The molecule has 0 heterocycles. The van der Waals surface area contributed by atoms with Gasteiger partial charge < -0.3 is 15.4 Å². The number of rotatable bonds is 6. The van der Waals surface area contributed by atoms with Crippen molar-refractivity contribution in [3.63, 3.8) is 0 Å². The first-order valence-electron chi connectivity index (χ1n) is 7.98. The van der Waals surface area contributed by atoms with Crippen LogP contribution in [0.4, 0.5) is 4.79 Å². The van der Waals surface area contributed by atoms with Crippen LogP contribution >= 0.6 is 0 Å². The number of fused-ring (bicyclic) bond motifs is 2. The van der Waals surface area contributed by atoms with Crippen LogP contribution in [0.5, 0.6) is 0 Å². The summed E-state index contributed by atoms with van der Waals surface area (Å²) in [4.78, 5) is 10.9. The summed E-state index contributed by atoms with van der Waals surface area (Å²) in [5.41, 5.74) is 0.686. The zero-order valence-electron chi connectivity index (χ0n) is 13.4. The van der Waals surface area contributed by atoms with Gasteiger partial charge in [0, 0.05) is 12.1 Å². The number of unbranched alkanes of at least 4 members (excludes halogenated alkanes) is 1. The summed E-state index contributed by atoms with van der Waals surface area (Å²) in [6.07, 6.45) is 5.96. The van der Waals surface area contributed by atoms with Crippen molar-refractivity contribution >= 4 is 6.09 Å². The van der Waals surface area contributed by atoms with Gasteiger partial charge in [0.25, 0.3) is 0 Å². The highest BCUT2D eigenvalue weighted by atomic mass is 16.5. The van der Waals surface area contributed by atoms with Gasteiger partial charge in [-0.15, -0.1) is 0 Å². The van der Waals surface area contributed by atoms with E-state index >= 15 is 0 Å². The van der Waals surface area contributed by atoms with Crippen LogP contribution in [-0.4, -0.2) is 31.8 Å². The Balaban J connectivity index is 1.70. The van der Waals surface area contributed by atoms with Crippen molar-refractivity contribution in [2.75, 3.05) is 20.2 Å². The summed E-state index contributed by atoms with van der Waals surface area (Å²) in [6, 6.07) is 0. The molecule has 116 valence electrons. The molecular formula is C16H30N2O2. The zero-order valence-corrected chi connectivity index (χ0v) is 13.4. The molecule has 0 radical (unpaired) electrons. The Hall–Kier alpha value is -0.770. The molecule has 2 aliphatic carbocycles. The van der Waals surface area contributed by atoms with E-state index in [1.165, 1.54) is 26.4 Å². The van der Waals surface area contributed by atoms with Gasteiger partial charge >= 0.3 is 6.09 Å². The molecule has 2 bridgehead atoms. The molecule has 4 heteroatoms. The molecule has 0 unspecified atom stereocenters. The van der Waals surface area contributed by atoms with Gasteiger partial charge in [0.05, 0.1) is 7.11 Å². The van der Waals surface area contributed by atoms with E-state index in [-0.39, 0.29) is 11.6 Å². The first kappa shape index (κ1) is 15.6. The Labute approximate surface area is 123 Å². The summed E-state index contributed by atoms with van der Waals surface area (Å²) >= 11 is 0. The molecular weight excluding hydrogens is 252 g/mol. The average Bonchev–Trinajstić information content (AvgIpc) is 2.97.